The number of thioether (sulfide) groups is 1. The van der Waals surface area contributed by atoms with Gasteiger partial charge in [-0.25, -0.2) is 4.98 Å². The summed E-state index contributed by atoms with van der Waals surface area (Å²) in [6.45, 7) is 7.89. The zero-order chi connectivity index (χ0) is 19.4. The van der Waals surface area contributed by atoms with E-state index in [-0.39, 0.29) is 22.8 Å². The number of aryl methyl sites for hydroxylation is 1. The lowest BCUT2D eigenvalue weighted by atomic mass is 10.2. The Kier molecular flexibility index (Phi) is 6.94. The van der Waals surface area contributed by atoms with Crippen molar-refractivity contribution in [3.8, 4) is 0 Å². The van der Waals surface area contributed by atoms with E-state index in [0.29, 0.717) is 23.6 Å². The third-order valence-corrected chi connectivity index (χ3v) is 6.91. The molecule has 1 aliphatic heterocycles. The number of ether oxygens (including phenoxy) is 1. The molecule has 0 saturated carbocycles. The second-order valence-corrected chi connectivity index (χ2v) is 9.20. The predicted octanol–water partition coefficient (Wildman–Crippen LogP) is 3.21. The van der Waals surface area contributed by atoms with Crippen LogP contribution in [0.3, 0.4) is 0 Å². The molecule has 2 aromatic rings. The number of hydrogen-bond acceptors (Lipinski definition) is 6. The molecule has 148 valence electrons. The molecule has 0 aliphatic carbocycles. The predicted molar refractivity (Wildman–Crippen MR) is 111 cm³/mol. The highest BCUT2D eigenvalue weighted by Gasteiger charge is 2.22. The van der Waals surface area contributed by atoms with Gasteiger partial charge in [-0.1, -0.05) is 25.6 Å². The van der Waals surface area contributed by atoms with Crippen molar-refractivity contribution < 1.29 is 9.53 Å². The standard InChI is InChI=1S/C19H27N3O3S2/c1-4-8-22-18(24)15-10-14(5-2)27-17(15)21-19(22)26-12(3)16(23)20-11-13-7-6-9-25-13/h10,12-13H,4-9,11H2,1-3H3,(H,20,23)/t12-,13+/m1/s1. The topological polar surface area (TPSA) is 73.2 Å². The fraction of sp³-hybridized carbons (Fsp3) is 0.632. The van der Waals surface area contributed by atoms with Gasteiger partial charge in [0.25, 0.3) is 5.56 Å². The number of amides is 1. The molecule has 6 nitrogen and oxygen atoms in total. The van der Waals surface area contributed by atoms with E-state index in [1.54, 1.807) is 15.9 Å². The smallest absolute Gasteiger partial charge is 0.262 e. The third-order valence-electron chi connectivity index (χ3n) is 4.64. The van der Waals surface area contributed by atoms with Crippen LogP contribution >= 0.6 is 23.1 Å². The largest absolute Gasteiger partial charge is 0.376 e. The number of rotatable bonds is 8. The van der Waals surface area contributed by atoms with Gasteiger partial charge in [-0.15, -0.1) is 11.3 Å². The highest BCUT2D eigenvalue weighted by atomic mass is 32.2. The lowest BCUT2D eigenvalue weighted by Crippen LogP contribution is -2.37. The molecule has 1 N–H and O–H groups in total. The summed E-state index contributed by atoms with van der Waals surface area (Å²) in [4.78, 5) is 32.0. The first-order chi connectivity index (χ1) is 13.0. The maximum absolute atomic E-state index is 12.9. The highest BCUT2D eigenvalue weighted by Crippen LogP contribution is 2.27. The Morgan fingerprint density at radius 2 is 2.33 bits per heavy atom. The van der Waals surface area contributed by atoms with Gasteiger partial charge in [0.15, 0.2) is 5.16 Å². The zero-order valence-corrected chi connectivity index (χ0v) is 17.8. The Morgan fingerprint density at radius 1 is 1.52 bits per heavy atom. The van der Waals surface area contributed by atoms with E-state index in [2.05, 4.69) is 12.2 Å². The molecule has 1 fully saturated rings. The molecular formula is C19H27N3O3S2. The Labute approximate surface area is 167 Å². The molecule has 3 rings (SSSR count). The Hall–Kier alpha value is -1.38. The average molecular weight is 410 g/mol. The lowest BCUT2D eigenvalue weighted by Gasteiger charge is -2.16. The molecule has 2 atom stereocenters. The van der Waals surface area contributed by atoms with Crippen molar-refractivity contribution in [3.05, 3.63) is 21.3 Å². The van der Waals surface area contributed by atoms with Crippen LogP contribution in [0.5, 0.6) is 0 Å². The maximum atomic E-state index is 12.9. The summed E-state index contributed by atoms with van der Waals surface area (Å²) >= 11 is 2.91. The number of thiophene rings is 1. The van der Waals surface area contributed by atoms with Gasteiger partial charge in [0.2, 0.25) is 5.91 Å². The number of aromatic nitrogens is 2. The Morgan fingerprint density at radius 3 is 3.00 bits per heavy atom. The summed E-state index contributed by atoms with van der Waals surface area (Å²) < 4.78 is 7.26. The van der Waals surface area contributed by atoms with Gasteiger partial charge in [0, 0.05) is 24.6 Å². The van der Waals surface area contributed by atoms with E-state index < -0.39 is 0 Å². The van der Waals surface area contributed by atoms with E-state index in [1.165, 1.54) is 11.8 Å². The van der Waals surface area contributed by atoms with Gasteiger partial charge in [0.05, 0.1) is 16.7 Å². The van der Waals surface area contributed by atoms with Crippen LogP contribution in [-0.2, 0) is 22.5 Å². The summed E-state index contributed by atoms with van der Waals surface area (Å²) in [5, 5.41) is 3.94. The van der Waals surface area contributed by atoms with Gasteiger partial charge < -0.3 is 10.1 Å². The normalized spacial score (nSPS) is 18.1. The molecule has 27 heavy (non-hydrogen) atoms. The molecule has 8 heteroatoms. The van der Waals surface area contributed by atoms with Crippen molar-refractivity contribution in [2.24, 2.45) is 0 Å². The van der Waals surface area contributed by atoms with Gasteiger partial charge in [-0.3, -0.25) is 14.2 Å². The monoisotopic (exact) mass is 409 g/mol. The van der Waals surface area contributed by atoms with Crippen molar-refractivity contribution in [1.82, 2.24) is 14.9 Å². The molecule has 0 bridgehead atoms. The number of hydrogen-bond donors (Lipinski definition) is 1. The fourth-order valence-electron chi connectivity index (χ4n) is 3.11. The lowest BCUT2D eigenvalue weighted by molar-refractivity contribution is -0.120. The van der Waals surface area contributed by atoms with Crippen molar-refractivity contribution in [2.75, 3.05) is 13.2 Å². The first-order valence-electron chi connectivity index (χ1n) is 9.62. The summed E-state index contributed by atoms with van der Waals surface area (Å²) in [6, 6.07) is 1.95. The van der Waals surface area contributed by atoms with Crippen LogP contribution in [0.2, 0.25) is 0 Å². The van der Waals surface area contributed by atoms with Gasteiger partial charge in [-0.2, -0.15) is 0 Å². The van der Waals surface area contributed by atoms with E-state index in [0.717, 1.165) is 42.0 Å². The molecular weight excluding hydrogens is 382 g/mol. The fourth-order valence-corrected chi connectivity index (χ4v) is 5.07. The summed E-state index contributed by atoms with van der Waals surface area (Å²) in [6.07, 6.45) is 3.90. The maximum Gasteiger partial charge on any atom is 0.262 e. The van der Waals surface area contributed by atoms with Crippen LogP contribution in [0.1, 0.15) is 44.9 Å². The van der Waals surface area contributed by atoms with Gasteiger partial charge >= 0.3 is 0 Å². The average Bonchev–Trinajstić information content (AvgIpc) is 3.32. The second-order valence-electron chi connectivity index (χ2n) is 6.78. The van der Waals surface area contributed by atoms with Crippen molar-refractivity contribution in [3.63, 3.8) is 0 Å². The molecule has 1 saturated heterocycles. The Bertz CT molecular complexity index is 856. The summed E-state index contributed by atoms with van der Waals surface area (Å²) in [7, 11) is 0. The van der Waals surface area contributed by atoms with Crippen LogP contribution in [0.4, 0.5) is 0 Å². The van der Waals surface area contributed by atoms with Crippen molar-refractivity contribution in [1.29, 1.82) is 0 Å². The molecule has 0 radical (unpaired) electrons. The molecule has 0 spiro atoms. The van der Waals surface area contributed by atoms with E-state index >= 15 is 0 Å². The van der Waals surface area contributed by atoms with Gasteiger partial charge in [-0.05, 0) is 38.7 Å². The van der Waals surface area contributed by atoms with E-state index in [9.17, 15) is 9.59 Å². The molecule has 3 heterocycles. The number of fused-ring (bicyclic) bond motifs is 1. The molecule has 2 aromatic heterocycles. The molecule has 0 unspecified atom stereocenters. The number of carbonyl (C=O) groups excluding carboxylic acids is 1. The minimum absolute atomic E-state index is 0.00716. The van der Waals surface area contributed by atoms with Crippen LogP contribution in [0.25, 0.3) is 10.2 Å². The van der Waals surface area contributed by atoms with Crippen LogP contribution in [0, 0.1) is 0 Å². The minimum Gasteiger partial charge on any atom is -0.376 e. The van der Waals surface area contributed by atoms with E-state index in [1.807, 2.05) is 19.9 Å². The van der Waals surface area contributed by atoms with Crippen LogP contribution in [-0.4, -0.2) is 40.0 Å². The van der Waals surface area contributed by atoms with Gasteiger partial charge in [0.1, 0.15) is 4.83 Å². The first-order valence-corrected chi connectivity index (χ1v) is 11.3. The first kappa shape index (κ1) is 20.4. The quantitative estimate of drug-likeness (QED) is 0.535. The number of carbonyl (C=O) groups is 1. The van der Waals surface area contributed by atoms with Crippen LogP contribution < -0.4 is 10.9 Å². The molecule has 1 amide bonds. The van der Waals surface area contributed by atoms with E-state index in [4.69, 9.17) is 9.72 Å². The third kappa shape index (κ3) is 4.73. The SMILES string of the molecule is CCCn1c(S[C@H](C)C(=O)NC[C@@H]2CCCO2)nc2sc(CC)cc2c1=O. The summed E-state index contributed by atoms with van der Waals surface area (Å²) in [5.41, 5.74) is -0.00716. The molecule has 1 aliphatic rings. The zero-order valence-electron chi connectivity index (χ0n) is 16.1. The summed E-state index contributed by atoms with van der Waals surface area (Å²) in [5.74, 6) is -0.0479. The molecule has 0 aromatic carbocycles. The van der Waals surface area contributed by atoms with Crippen LogP contribution in [0.15, 0.2) is 16.0 Å². The minimum atomic E-state index is -0.329. The van der Waals surface area contributed by atoms with Crippen molar-refractivity contribution >= 4 is 39.2 Å². The Balaban J connectivity index is 1.78. The number of nitrogens with one attached hydrogen (secondary N) is 1. The highest BCUT2D eigenvalue weighted by molar-refractivity contribution is 8.00. The van der Waals surface area contributed by atoms with Crippen molar-refractivity contribution in [2.45, 2.75) is 69.5 Å². The second kappa shape index (κ2) is 9.21. The number of nitrogens with zero attached hydrogens (tertiary/aromatic N) is 2.